The summed E-state index contributed by atoms with van der Waals surface area (Å²) < 4.78 is 1.89. The molecule has 3 rings (SSSR count). The molecule has 27 heavy (non-hydrogen) atoms. The lowest BCUT2D eigenvalue weighted by molar-refractivity contribution is 0.0949. The number of aryl methyl sites for hydroxylation is 1. The Balaban J connectivity index is 1.69. The monoisotopic (exact) mass is 362 g/mol. The van der Waals surface area contributed by atoms with E-state index in [4.69, 9.17) is 0 Å². The Morgan fingerprint density at radius 1 is 1.00 bits per heavy atom. The number of nitrogens with one attached hydrogen (secondary N) is 1. The van der Waals surface area contributed by atoms with Crippen LogP contribution in [0, 0.1) is 13.8 Å². The summed E-state index contributed by atoms with van der Waals surface area (Å²) in [6, 6.07) is 18.3. The molecule has 2 aromatic carbocycles. The van der Waals surface area contributed by atoms with Crippen LogP contribution in [0.4, 0.5) is 5.69 Å². The fourth-order valence-corrected chi connectivity index (χ4v) is 3.12. The SMILES string of the molecule is Cc1nn(Cc2ccccc2)c(C)c1C(=O)NCc1ccc(N(C)C)cc1. The second-order valence-electron chi connectivity index (χ2n) is 6.93. The van der Waals surface area contributed by atoms with E-state index in [0.29, 0.717) is 18.7 Å². The number of hydrogen-bond acceptors (Lipinski definition) is 3. The number of hydrogen-bond donors (Lipinski definition) is 1. The molecule has 5 heteroatoms. The summed E-state index contributed by atoms with van der Waals surface area (Å²) in [6.45, 7) is 4.99. The van der Waals surface area contributed by atoms with E-state index in [-0.39, 0.29) is 5.91 Å². The summed E-state index contributed by atoms with van der Waals surface area (Å²) in [5, 5.41) is 7.58. The minimum atomic E-state index is -0.0824. The van der Waals surface area contributed by atoms with Crippen LogP contribution < -0.4 is 10.2 Å². The van der Waals surface area contributed by atoms with Crippen molar-refractivity contribution >= 4 is 11.6 Å². The largest absolute Gasteiger partial charge is 0.378 e. The summed E-state index contributed by atoms with van der Waals surface area (Å²) in [4.78, 5) is 14.8. The summed E-state index contributed by atoms with van der Waals surface area (Å²) in [5.41, 5.74) is 5.67. The van der Waals surface area contributed by atoms with Gasteiger partial charge in [0.2, 0.25) is 0 Å². The maximum absolute atomic E-state index is 12.7. The number of amides is 1. The van der Waals surface area contributed by atoms with Gasteiger partial charge in [0, 0.05) is 32.0 Å². The first-order valence-corrected chi connectivity index (χ1v) is 9.08. The van der Waals surface area contributed by atoms with Crippen molar-refractivity contribution in [1.29, 1.82) is 0 Å². The van der Waals surface area contributed by atoms with Gasteiger partial charge < -0.3 is 10.2 Å². The lowest BCUT2D eigenvalue weighted by Crippen LogP contribution is -2.24. The van der Waals surface area contributed by atoms with Crippen LogP contribution in [0.3, 0.4) is 0 Å². The lowest BCUT2D eigenvalue weighted by Gasteiger charge is -2.13. The van der Waals surface area contributed by atoms with E-state index < -0.39 is 0 Å². The second-order valence-corrected chi connectivity index (χ2v) is 6.93. The molecule has 1 amide bonds. The highest BCUT2D eigenvalue weighted by molar-refractivity contribution is 5.96. The highest BCUT2D eigenvalue weighted by Crippen LogP contribution is 2.16. The van der Waals surface area contributed by atoms with Crippen LogP contribution in [0.15, 0.2) is 54.6 Å². The Hall–Kier alpha value is -3.08. The molecule has 1 aromatic heterocycles. The Labute approximate surface area is 160 Å². The summed E-state index contributed by atoms with van der Waals surface area (Å²) in [5.74, 6) is -0.0824. The molecule has 140 valence electrons. The highest BCUT2D eigenvalue weighted by atomic mass is 16.1. The first kappa shape index (κ1) is 18.7. The molecule has 3 aromatic rings. The molecule has 5 nitrogen and oxygen atoms in total. The molecule has 0 bridgehead atoms. The Morgan fingerprint density at radius 3 is 2.30 bits per heavy atom. The summed E-state index contributed by atoms with van der Waals surface area (Å²) >= 11 is 0. The lowest BCUT2D eigenvalue weighted by atomic mass is 10.1. The summed E-state index contributed by atoms with van der Waals surface area (Å²) in [6.07, 6.45) is 0. The number of carbonyl (C=O) groups excluding carboxylic acids is 1. The van der Waals surface area contributed by atoms with E-state index in [9.17, 15) is 4.79 Å². The molecule has 1 N–H and O–H groups in total. The normalized spacial score (nSPS) is 10.7. The van der Waals surface area contributed by atoms with Crippen LogP contribution in [-0.2, 0) is 13.1 Å². The van der Waals surface area contributed by atoms with E-state index >= 15 is 0 Å². The average molecular weight is 362 g/mol. The molecule has 0 unspecified atom stereocenters. The van der Waals surface area contributed by atoms with Gasteiger partial charge in [0.05, 0.1) is 17.8 Å². The van der Waals surface area contributed by atoms with E-state index in [0.717, 1.165) is 28.2 Å². The van der Waals surface area contributed by atoms with Gasteiger partial charge in [0.25, 0.3) is 5.91 Å². The topological polar surface area (TPSA) is 50.2 Å². The standard InChI is InChI=1S/C22H26N4O/c1-16-21(17(2)26(24-16)15-19-8-6-5-7-9-19)22(27)23-14-18-10-12-20(13-11-18)25(3)4/h5-13H,14-15H2,1-4H3,(H,23,27). The zero-order chi connectivity index (χ0) is 19.4. The van der Waals surface area contributed by atoms with Gasteiger partial charge in [-0.1, -0.05) is 42.5 Å². The van der Waals surface area contributed by atoms with Gasteiger partial charge in [0.1, 0.15) is 0 Å². The fourth-order valence-electron chi connectivity index (χ4n) is 3.12. The summed E-state index contributed by atoms with van der Waals surface area (Å²) in [7, 11) is 4.02. The molecule has 0 aliphatic heterocycles. The van der Waals surface area contributed by atoms with E-state index in [2.05, 4.69) is 39.6 Å². The van der Waals surface area contributed by atoms with Gasteiger partial charge in [-0.05, 0) is 37.1 Å². The van der Waals surface area contributed by atoms with Crippen molar-refractivity contribution in [3.63, 3.8) is 0 Å². The Bertz CT molecular complexity index is 911. The van der Waals surface area contributed by atoms with Crippen molar-refractivity contribution in [2.75, 3.05) is 19.0 Å². The zero-order valence-corrected chi connectivity index (χ0v) is 16.4. The molecule has 0 saturated carbocycles. The Kier molecular flexibility index (Phi) is 5.60. The van der Waals surface area contributed by atoms with Crippen LogP contribution in [0.25, 0.3) is 0 Å². The molecule has 0 radical (unpaired) electrons. The number of aromatic nitrogens is 2. The van der Waals surface area contributed by atoms with Crippen molar-refractivity contribution in [1.82, 2.24) is 15.1 Å². The minimum Gasteiger partial charge on any atom is -0.378 e. The molecular formula is C22H26N4O. The van der Waals surface area contributed by atoms with Gasteiger partial charge >= 0.3 is 0 Å². The number of rotatable bonds is 6. The maximum Gasteiger partial charge on any atom is 0.255 e. The molecular weight excluding hydrogens is 336 g/mol. The molecule has 1 heterocycles. The van der Waals surface area contributed by atoms with Crippen molar-refractivity contribution in [3.8, 4) is 0 Å². The molecule has 0 atom stereocenters. The average Bonchev–Trinajstić information content (AvgIpc) is 2.94. The fraction of sp³-hybridized carbons (Fsp3) is 0.273. The van der Waals surface area contributed by atoms with Crippen LogP contribution in [0.1, 0.15) is 32.9 Å². The van der Waals surface area contributed by atoms with Gasteiger partial charge in [-0.25, -0.2) is 0 Å². The van der Waals surface area contributed by atoms with Crippen molar-refractivity contribution in [2.24, 2.45) is 0 Å². The molecule has 0 fully saturated rings. The molecule has 0 aliphatic carbocycles. The van der Waals surface area contributed by atoms with Crippen LogP contribution in [-0.4, -0.2) is 29.8 Å². The third kappa shape index (κ3) is 4.37. The first-order chi connectivity index (χ1) is 13.0. The van der Waals surface area contributed by atoms with Crippen LogP contribution >= 0.6 is 0 Å². The van der Waals surface area contributed by atoms with E-state index in [1.165, 1.54) is 0 Å². The van der Waals surface area contributed by atoms with Gasteiger partial charge in [-0.2, -0.15) is 5.10 Å². The number of benzene rings is 2. The predicted molar refractivity (Wildman–Crippen MR) is 109 cm³/mol. The number of nitrogens with zero attached hydrogens (tertiary/aromatic N) is 3. The van der Waals surface area contributed by atoms with Crippen LogP contribution in [0.5, 0.6) is 0 Å². The van der Waals surface area contributed by atoms with Crippen molar-refractivity contribution in [2.45, 2.75) is 26.9 Å². The zero-order valence-electron chi connectivity index (χ0n) is 16.4. The van der Waals surface area contributed by atoms with Crippen molar-refractivity contribution < 1.29 is 4.79 Å². The molecule has 0 saturated heterocycles. The number of anilines is 1. The third-order valence-corrected chi connectivity index (χ3v) is 4.69. The maximum atomic E-state index is 12.7. The van der Waals surface area contributed by atoms with Crippen molar-refractivity contribution in [3.05, 3.63) is 82.7 Å². The second kappa shape index (κ2) is 8.08. The van der Waals surface area contributed by atoms with Crippen LogP contribution in [0.2, 0.25) is 0 Å². The molecule has 0 aliphatic rings. The quantitative estimate of drug-likeness (QED) is 0.730. The molecule has 0 spiro atoms. The Morgan fingerprint density at radius 2 is 1.67 bits per heavy atom. The van der Waals surface area contributed by atoms with E-state index in [1.807, 2.05) is 63.0 Å². The van der Waals surface area contributed by atoms with E-state index in [1.54, 1.807) is 0 Å². The highest BCUT2D eigenvalue weighted by Gasteiger charge is 2.18. The third-order valence-electron chi connectivity index (χ3n) is 4.69. The van der Waals surface area contributed by atoms with Gasteiger partial charge in [-0.3, -0.25) is 9.48 Å². The van der Waals surface area contributed by atoms with Gasteiger partial charge in [-0.15, -0.1) is 0 Å². The number of carbonyl (C=O) groups is 1. The predicted octanol–water partition coefficient (Wildman–Crippen LogP) is 3.54. The smallest absolute Gasteiger partial charge is 0.255 e. The first-order valence-electron chi connectivity index (χ1n) is 9.08. The van der Waals surface area contributed by atoms with Gasteiger partial charge in [0.15, 0.2) is 0 Å². The minimum absolute atomic E-state index is 0.0824.